The fourth-order valence-corrected chi connectivity index (χ4v) is 2.38. The fourth-order valence-electron chi connectivity index (χ4n) is 2.38. The molecule has 0 saturated heterocycles. The largest absolute Gasteiger partial charge is 0.494 e. The van der Waals surface area contributed by atoms with Gasteiger partial charge >= 0.3 is 5.97 Å². The lowest BCUT2D eigenvalue weighted by molar-refractivity contribution is 0.0722. The molecule has 0 saturated carbocycles. The van der Waals surface area contributed by atoms with Crippen LogP contribution in [0.1, 0.15) is 28.5 Å². The molecule has 1 aromatic heterocycles. The van der Waals surface area contributed by atoms with E-state index >= 15 is 0 Å². The molecule has 0 amide bonds. The number of ether oxygens (including phenoxy) is 2. The first-order valence-electron chi connectivity index (χ1n) is 8.07. The maximum atomic E-state index is 12.3. The molecule has 0 radical (unpaired) electrons. The molecule has 0 fully saturated rings. The number of nitrogens with zero attached hydrogens (tertiary/aromatic N) is 1. The Morgan fingerprint density at radius 2 is 1.88 bits per heavy atom. The van der Waals surface area contributed by atoms with E-state index in [9.17, 15) is 4.79 Å². The zero-order valence-electron chi connectivity index (χ0n) is 14.4. The number of benzene rings is 2. The molecule has 2 aromatic carbocycles. The van der Waals surface area contributed by atoms with Gasteiger partial charge in [-0.15, -0.1) is 0 Å². The molecule has 128 valence electrons. The Kier molecular flexibility index (Phi) is 4.84. The zero-order valence-corrected chi connectivity index (χ0v) is 14.4. The molecule has 1 heterocycles. The predicted octanol–water partition coefficient (Wildman–Crippen LogP) is 4.58. The second-order valence-electron chi connectivity index (χ2n) is 5.62. The number of esters is 1. The highest BCUT2D eigenvalue weighted by Gasteiger charge is 2.17. The summed E-state index contributed by atoms with van der Waals surface area (Å²) in [5.74, 6) is 1.25. The predicted molar refractivity (Wildman–Crippen MR) is 94.0 cm³/mol. The smallest absolute Gasteiger partial charge is 0.365 e. The number of rotatable bonds is 5. The summed E-state index contributed by atoms with van der Waals surface area (Å²) in [5, 5.41) is 3.82. The van der Waals surface area contributed by atoms with Crippen LogP contribution in [0.5, 0.6) is 11.5 Å². The summed E-state index contributed by atoms with van der Waals surface area (Å²) in [5.41, 5.74) is 2.91. The van der Waals surface area contributed by atoms with Gasteiger partial charge in [0.2, 0.25) is 0 Å². The summed E-state index contributed by atoms with van der Waals surface area (Å²) in [4.78, 5) is 12.3. The maximum Gasteiger partial charge on any atom is 0.365 e. The highest BCUT2D eigenvalue weighted by molar-refractivity contribution is 5.90. The first-order valence-corrected chi connectivity index (χ1v) is 8.07. The SMILES string of the molecule is CCOc1ccc(-c2cc(C(=O)Oc3cccc(C)c3C)no2)cc1. The van der Waals surface area contributed by atoms with Gasteiger partial charge in [-0.05, 0) is 62.2 Å². The quantitative estimate of drug-likeness (QED) is 0.504. The van der Waals surface area contributed by atoms with Gasteiger partial charge in [-0.3, -0.25) is 0 Å². The minimum Gasteiger partial charge on any atom is -0.494 e. The van der Waals surface area contributed by atoms with Crippen molar-refractivity contribution in [3.63, 3.8) is 0 Å². The van der Waals surface area contributed by atoms with E-state index < -0.39 is 5.97 Å². The molecule has 3 rings (SSSR count). The van der Waals surface area contributed by atoms with Gasteiger partial charge in [0.15, 0.2) is 11.5 Å². The zero-order chi connectivity index (χ0) is 17.8. The van der Waals surface area contributed by atoms with Crippen LogP contribution in [0.25, 0.3) is 11.3 Å². The van der Waals surface area contributed by atoms with Gasteiger partial charge in [0.05, 0.1) is 6.61 Å². The minimum atomic E-state index is -0.547. The second kappa shape index (κ2) is 7.21. The monoisotopic (exact) mass is 337 g/mol. The van der Waals surface area contributed by atoms with Crippen molar-refractivity contribution in [2.24, 2.45) is 0 Å². The topological polar surface area (TPSA) is 61.6 Å². The second-order valence-corrected chi connectivity index (χ2v) is 5.62. The first-order chi connectivity index (χ1) is 12.1. The maximum absolute atomic E-state index is 12.3. The van der Waals surface area contributed by atoms with E-state index in [2.05, 4.69) is 5.16 Å². The molecule has 0 aliphatic carbocycles. The van der Waals surface area contributed by atoms with Crippen LogP contribution < -0.4 is 9.47 Å². The van der Waals surface area contributed by atoms with Crippen molar-refractivity contribution in [1.82, 2.24) is 5.16 Å². The molecule has 5 nitrogen and oxygen atoms in total. The Balaban J connectivity index is 1.76. The Labute approximate surface area is 146 Å². The van der Waals surface area contributed by atoms with Crippen LogP contribution in [0.3, 0.4) is 0 Å². The average Bonchev–Trinajstić information content (AvgIpc) is 3.10. The molecule has 0 N–H and O–H groups in total. The van der Waals surface area contributed by atoms with Crippen molar-refractivity contribution >= 4 is 5.97 Å². The molecule has 3 aromatic rings. The van der Waals surface area contributed by atoms with Crippen molar-refractivity contribution in [2.45, 2.75) is 20.8 Å². The third-order valence-corrected chi connectivity index (χ3v) is 3.93. The third-order valence-electron chi connectivity index (χ3n) is 3.93. The fraction of sp³-hybridized carbons (Fsp3) is 0.200. The summed E-state index contributed by atoms with van der Waals surface area (Å²) < 4.78 is 16.1. The van der Waals surface area contributed by atoms with E-state index in [0.717, 1.165) is 22.4 Å². The molecule has 0 aliphatic heterocycles. The van der Waals surface area contributed by atoms with Crippen LogP contribution >= 0.6 is 0 Å². The normalized spacial score (nSPS) is 10.5. The van der Waals surface area contributed by atoms with Gasteiger partial charge in [-0.1, -0.05) is 17.3 Å². The van der Waals surface area contributed by atoms with Gasteiger partial charge < -0.3 is 14.0 Å². The van der Waals surface area contributed by atoms with E-state index in [0.29, 0.717) is 18.1 Å². The van der Waals surface area contributed by atoms with Gasteiger partial charge in [-0.2, -0.15) is 0 Å². The summed E-state index contributed by atoms with van der Waals surface area (Å²) in [6.07, 6.45) is 0. The Morgan fingerprint density at radius 3 is 2.60 bits per heavy atom. The standard InChI is InChI=1S/C20H19NO4/c1-4-23-16-10-8-15(9-11-16)19-12-17(21-25-19)20(22)24-18-7-5-6-13(2)14(18)3/h5-12H,4H2,1-3H3. The number of hydrogen-bond donors (Lipinski definition) is 0. The van der Waals surface area contributed by atoms with Crippen molar-refractivity contribution in [2.75, 3.05) is 6.61 Å². The first kappa shape index (κ1) is 16.8. The van der Waals surface area contributed by atoms with Crippen LogP contribution in [0.2, 0.25) is 0 Å². The molecule has 5 heteroatoms. The van der Waals surface area contributed by atoms with E-state index in [1.807, 2.05) is 57.2 Å². The molecule has 0 atom stereocenters. The van der Waals surface area contributed by atoms with E-state index in [-0.39, 0.29) is 5.69 Å². The lowest BCUT2D eigenvalue weighted by atomic mass is 10.1. The highest BCUT2D eigenvalue weighted by atomic mass is 16.5. The van der Waals surface area contributed by atoms with Crippen molar-refractivity contribution in [3.05, 3.63) is 65.4 Å². The Hall–Kier alpha value is -3.08. The summed E-state index contributed by atoms with van der Waals surface area (Å²) in [7, 11) is 0. The van der Waals surface area contributed by atoms with Crippen LogP contribution in [-0.2, 0) is 0 Å². The van der Waals surface area contributed by atoms with Crippen LogP contribution in [-0.4, -0.2) is 17.7 Å². The summed E-state index contributed by atoms with van der Waals surface area (Å²) in [6, 6.07) is 14.5. The molecular formula is C20H19NO4. The van der Waals surface area contributed by atoms with E-state index in [1.54, 1.807) is 12.1 Å². The molecule has 0 aliphatic rings. The van der Waals surface area contributed by atoms with Crippen molar-refractivity contribution < 1.29 is 18.8 Å². The minimum absolute atomic E-state index is 0.129. The average molecular weight is 337 g/mol. The van der Waals surface area contributed by atoms with Crippen molar-refractivity contribution in [1.29, 1.82) is 0 Å². The Morgan fingerprint density at radius 1 is 1.12 bits per heavy atom. The lowest BCUT2D eigenvalue weighted by Crippen LogP contribution is -2.09. The number of carbonyl (C=O) groups excluding carboxylic acids is 1. The van der Waals surface area contributed by atoms with Gasteiger partial charge in [0.1, 0.15) is 11.5 Å². The van der Waals surface area contributed by atoms with E-state index in [4.69, 9.17) is 14.0 Å². The molecular weight excluding hydrogens is 318 g/mol. The molecule has 0 bridgehead atoms. The van der Waals surface area contributed by atoms with Crippen LogP contribution in [0, 0.1) is 13.8 Å². The molecule has 0 unspecified atom stereocenters. The van der Waals surface area contributed by atoms with Gasteiger partial charge in [-0.25, -0.2) is 4.79 Å². The van der Waals surface area contributed by atoms with Gasteiger partial charge in [0, 0.05) is 11.6 Å². The highest BCUT2D eigenvalue weighted by Crippen LogP contribution is 2.25. The number of aryl methyl sites for hydroxylation is 1. The van der Waals surface area contributed by atoms with E-state index in [1.165, 1.54) is 0 Å². The summed E-state index contributed by atoms with van der Waals surface area (Å²) in [6.45, 7) is 6.41. The lowest BCUT2D eigenvalue weighted by Gasteiger charge is -2.07. The van der Waals surface area contributed by atoms with Crippen LogP contribution in [0.4, 0.5) is 0 Å². The Bertz CT molecular complexity index is 881. The number of hydrogen-bond acceptors (Lipinski definition) is 5. The number of aromatic nitrogens is 1. The third kappa shape index (κ3) is 3.71. The molecule has 25 heavy (non-hydrogen) atoms. The molecule has 0 spiro atoms. The summed E-state index contributed by atoms with van der Waals surface area (Å²) >= 11 is 0. The van der Waals surface area contributed by atoms with Gasteiger partial charge in [0.25, 0.3) is 0 Å². The van der Waals surface area contributed by atoms with Crippen LogP contribution in [0.15, 0.2) is 53.1 Å². The number of carbonyl (C=O) groups is 1. The van der Waals surface area contributed by atoms with Crippen molar-refractivity contribution in [3.8, 4) is 22.8 Å².